The number of carboxylic acids is 1. The first kappa shape index (κ1) is 13.6. The maximum Gasteiger partial charge on any atom is 0.338 e. The number of rotatable bonds is 5. The van der Waals surface area contributed by atoms with Gasteiger partial charge in [-0.1, -0.05) is 0 Å². The molecule has 0 atom stereocenters. The molecule has 98 valence electrons. The number of aromatic hydroxyl groups is 3. The van der Waals surface area contributed by atoms with Crippen molar-refractivity contribution < 1.29 is 34.8 Å². The summed E-state index contributed by atoms with van der Waals surface area (Å²) in [5.74, 6) is -3.84. The van der Waals surface area contributed by atoms with Gasteiger partial charge in [-0.3, -0.25) is 4.79 Å². The van der Waals surface area contributed by atoms with Gasteiger partial charge in [-0.2, -0.15) is 0 Å². The topological polar surface area (TPSA) is 124 Å². The molecular weight excluding hydrogens is 244 g/mol. The molecule has 0 amide bonds. The summed E-state index contributed by atoms with van der Waals surface area (Å²) < 4.78 is 4.72. The minimum Gasteiger partial charge on any atom is -0.504 e. The lowest BCUT2D eigenvalue weighted by Crippen LogP contribution is -2.07. The van der Waals surface area contributed by atoms with Gasteiger partial charge in [0.05, 0.1) is 12.2 Å². The minimum atomic E-state index is -0.994. The predicted molar refractivity (Wildman–Crippen MR) is 58.6 cm³/mol. The van der Waals surface area contributed by atoms with Crippen molar-refractivity contribution in [1.29, 1.82) is 0 Å². The maximum atomic E-state index is 11.4. The summed E-state index contributed by atoms with van der Waals surface area (Å²) in [6.45, 7) is -0.0897. The number of carbonyl (C=O) groups excluding carboxylic acids is 1. The van der Waals surface area contributed by atoms with E-state index in [4.69, 9.17) is 14.9 Å². The van der Waals surface area contributed by atoms with E-state index < -0.39 is 29.2 Å². The molecule has 0 unspecified atom stereocenters. The zero-order chi connectivity index (χ0) is 13.7. The Kier molecular flexibility index (Phi) is 4.36. The van der Waals surface area contributed by atoms with Crippen molar-refractivity contribution in [2.75, 3.05) is 6.61 Å². The Morgan fingerprint density at radius 1 is 1.11 bits per heavy atom. The van der Waals surface area contributed by atoms with Crippen molar-refractivity contribution in [1.82, 2.24) is 0 Å². The molecule has 0 fully saturated rings. The summed E-state index contributed by atoms with van der Waals surface area (Å²) >= 11 is 0. The normalized spacial score (nSPS) is 10.0. The first-order valence-corrected chi connectivity index (χ1v) is 5.05. The molecule has 0 aliphatic rings. The van der Waals surface area contributed by atoms with Gasteiger partial charge in [0.25, 0.3) is 0 Å². The molecule has 7 heteroatoms. The zero-order valence-electron chi connectivity index (χ0n) is 9.29. The minimum absolute atomic E-state index is 0.0897. The molecule has 0 spiro atoms. The fourth-order valence-electron chi connectivity index (χ4n) is 1.19. The van der Waals surface area contributed by atoms with E-state index in [1.165, 1.54) is 0 Å². The van der Waals surface area contributed by atoms with Gasteiger partial charge in [0, 0.05) is 6.42 Å². The highest BCUT2D eigenvalue weighted by molar-refractivity contribution is 5.91. The van der Waals surface area contributed by atoms with E-state index in [1.807, 2.05) is 0 Å². The fraction of sp³-hybridized carbons (Fsp3) is 0.273. The van der Waals surface area contributed by atoms with Gasteiger partial charge in [-0.15, -0.1) is 0 Å². The molecule has 0 saturated heterocycles. The number of hydrogen-bond acceptors (Lipinski definition) is 6. The molecule has 0 aliphatic heterocycles. The predicted octanol–water partition coefficient (Wildman–Crippen LogP) is 0.825. The lowest BCUT2D eigenvalue weighted by atomic mass is 10.2. The van der Waals surface area contributed by atoms with Gasteiger partial charge in [0.15, 0.2) is 17.2 Å². The van der Waals surface area contributed by atoms with Crippen molar-refractivity contribution in [2.45, 2.75) is 12.8 Å². The van der Waals surface area contributed by atoms with E-state index >= 15 is 0 Å². The smallest absolute Gasteiger partial charge is 0.338 e. The molecule has 7 nitrogen and oxygen atoms in total. The number of esters is 1. The molecule has 0 bridgehead atoms. The lowest BCUT2D eigenvalue weighted by molar-refractivity contribution is -0.137. The third-order valence-corrected chi connectivity index (χ3v) is 2.07. The van der Waals surface area contributed by atoms with E-state index in [-0.39, 0.29) is 25.0 Å². The molecule has 1 aromatic carbocycles. The Bertz CT molecular complexity index is 443. The lowest BCUT2D eigenvalue weighted by Gasteiger charge is -2.06. The van der Waals surface area contributed by atoms with Crippen LogP contribution in [0.1, 0.15) is 23.2 Å². The second-order valence-corrected chi connectivity index (χ2v) is 3.50. The van der Waals surface area contributed by atoms with Crippen LogP contribution in [0.15, 0.2) is 12.1 Å². The third kappa shape index (κ3) is 3.55. The Hall–Kier alpha value is -2.44. The molecule has 1 rings (SSSR count). The van der Waals surface area contributed by atoms with E-state index in [0.717, 1.165) is 12.1 Å². The molecule has 0 radical (unpaired) electrons. The van der Waals surface area contributed by atoms with Gasteiger partial charge in [-0.05, 0) is 18.6 Å². The second-order valence-electron chi connectivity index (χ2n) is 3.50. The van der Waals surface area contributed by atoms with Gasteiger partial charge in [0.2, 0.25) is 0 Å². The number of benzene rings is 1. The number of phenolic OH excluding ortho intramolecular Hbond substituents is 3. The highest BCUT2D eigenvalue weighted by Gasteiger charge is 2.14. The van der Waals surface area contributed by atoms with Crippen LogP contribution in [0.4, 0.5) is 0 Å². The zero-order valence-corrected chi connectivity index (χ0v) is 9.29. The second kappa shape index (κ2) is 5.76. The summed E-state index contributed by atoms with van der Waals surface area (Å²) in [6.07, 6.45) is 0.0382. The van der Waals surface area contributed by atoms with Crippen LogP contribution in [0.25, 0.3) is 0 Å². The summed E-state index contributed by atoms with van der Waals surface area (Å²) in [5, 5.41) is 35.8. The summed E-state index contributed by atoms with van der Waals surface area (Å²) in [6, 6.07) is 1.88. The van der Waals surface area contributed by atoms with E-state index in [9.17, 15) is 19.8 Å². The van der Waals surface area contributed by atoms with Crippen molar-refractivity contribution in [3.8, 4) is 17.2 Å². The van der Waals surface area contributed by atoms with Crippen LogP contribution in [-0.2, 0) is 9.53 Å². The highest BCUT2D eigenvalue weighted by atomic mass is 16.5. The molecule has 0 aromatic heterocycles. The van der Waals surface area contributed by atoms with Crippen LogP contribution in [0.3, 0.4) is 0 Å². The Morgan fingerprint density at radius 3 is 2.17 bits per heavy atom. The van der Waals surface area contributed by atoms with Gasteiger partial charge in [-0.25, -0.2) is 4.79 Å². The number of carbonyl (C=O) groups is 2. The average Bonchev–Trinajstić information content (AvgIpc) is 2.30. The quantitative estimate of drug-likeness (QED) is 0.349. The van der Waals surface area contributed by atoms with Crippen LogP contribution in [0, 0.1) is 0 Å². The number of hydrogen-bond donors (Lipinski definition) is 4. The first-order chi connectivity index (χ1) is 8.41. The summed E-state index contributed by atoms with van der Waals surface area (Å²) in [4.78, 5) is 21.6. The van der Waals surface area contributed by atoms with Crippen LogP contribution in [0.5, 0.6) is 17.2 Å². The summed E-state index contributed by atoms with van der Waals surface area (Å²) in [5.41, 5.74) is -0.141. The van der Waals surface area contributed by atoms with Gasteiger partial charge >= 0.3 is 11.9 Å². The van der Waals surface area contributed by atoms with Crippen LogP contribution in [-0.4, -0.2) is 39.0 Å². The van der Waals surface area contributed by atoms with E-state index in [2.05, 4.69) is 0 Å². The largest absolute Gasteiger partial charge is 0.504 e. The van der Waals surface area contributed by atoms with Gasteiger partial charge in [0.1, 0.15) is 0 Å². The number of ether oxygens (including phenoxy) is 1. The molecule has 1 aromatic rings. The molecule has 0 heterocycles. The molecule has 4 N–H and O–H groups in total. The van der Waals surface area contributed by atoms with Crippen LogP contribution >= 0.6 is 0 Å². The van der Waals surface area contributed by atoms with Crippen molar-refractivity contribution in [3.05, 3.63) is 17.7 Å². The van der Waals surface area contributed by atoms with Crippen molar-refractivity contribution >= 4 is 11.9 Å². The van der Waals surface area contributed by atoms with E-state index in [1.54, 1.807) is 0 Å². The fourth-order valence-corrected chi connectivity index (χ4v) is 1.19. The number of carboxylic acid groups (broad SMARTS) is 1. The number of phenols is 3. The van der Waals surface area contributed by atoms with E-state index in [0.29, 0.717) is 0 Å². The van der Waals surface area contributed by atoms with Gasteiger partial charge < -0.3 is 25.2 Å². The number of aliphatic carboxylic acids is 1. The Labute approximate surface area is 102 Å². The highest BCUT2D eigenvalue weighted by Crippen LogP contribution is 2.35. The van der Waals surface area contributed by atoms with Crippen molar-refractivity contribution in [3.63, 3.8) is 0 Å². The van der Waals surface area contributed by atoms with Crippen LogP contribution < -0.4 is 0 Å². The molecular formula is C11H12O7. The molecule has 18 heavy (non-hydrogen) atoms. The maximum absolute atomic E-state index is 11.4. The molecule has 0 aliphatic carbocycles. The third-order valence-electron chi connectivity index (χ3n) is 2.07. The Morgan fingerprint density at radius 2 is 1.67 bits per heavy atom. The standard InChI is InChI=1S/C11H12O7/c12-7-4-6(5-8(13)10(7)16)11(17)18-3-1-2-9(14)15/h4-5,12-13,16H,1-3H2,(H,14,15). The molecule has 0 saturated carbocycles. The monoisotopic (exact) mass is 256 g/mol. The Balaban J connectivity index is 2.59. The first-order valence-electron chi connectivity index (χ1n) is 5.05. The SMILES string of the molecule is O=C(O)CCCOC(=O)c1cc(O)c(O)c(O)c1. The average molecular weight is 256 g/mol. The summed E-state index contributed by atoms with van der Waals surface area (Å²) in [7, 11) is 0. The van der Waals surface area contributed by atoms with Crippen molar-refractivity contribution in [2.24, 2.45) is 0 Å². The van der Waals surface area contributed by atoms with Crippen LogP contribution in [0.2, 0.25) is 0 Å².